The highest BCUT2D eigenvalue weighted by molar-refractivity contribution is 7.89. The van der Waals surface area contributed by atoms with Gasteiger partial charge in [-0.1, -0.05) is 17.7 Å². The first kappa shape index (κ1) is 19.4. The highest BCUT2D eigenvalue weighted by Gasteiger charge is 2.31. The van der Waals surface area contributed by atoms with Gasteiger partial charge in [-0.05, 0) is 43.7 Å². The minimum atomic E-state index is -3.94. The monoisotopic (exact) mass is 394 g/mol. The third kappa shape index (κ3) is 3.86. The number of carbonyl (C=O) groups excluding carboxylic acids is 1. The summed E-state index contributed by atoms with van der Waals surface area (Å²) in [5.74, 6) is -2.45. The average Bonchev–Trinajstić information content (AvgIpc) is 2.65. The van der Waals surface area contributed by atoms with Crippen LogP contribution in [0.4, 0.5) is 8.78 Å². The number of hydrogen-bond donors (Lipinski definition) is 0. The van der Waals surface area contributed by atoms with Gasteiger partial charge in [0.05, 0.1) is 4.90 Å². The highest BCUT2D eigenvalue weighted by Crippen LogP contribution is 2.21. The van der Waals surface area contributed by atoms with Crippen molar-refractivity contribution in [1.29, 1.82) is 0 Å². The number of sulfonamides is 1. The van der Waals surface area contributed by atoms with Gasteiger partial charge in [0, 0.05) is 31.7 Å². The maximum atomic E-state index is 13.4. The molecule has 144 valence electrons. The maximum absolute atomic E-state index is 13.4. The van der Waals surface area contributed by atoms with Crippen molar-refractivity contribution in [3.63, 3.8) is 0 Å². The molecule has 0 spiro atoms. The summed E-state index contributed by atoms with van der Waals surface area (Å²) in [5, 5.41) is 0. The molecule has 1 fully saturated rings. The van der Waals surface area contributed by atoms with E-state index in [1.54, 1.807) is 4.90 Å². The van der Waals surface area contributed by atoms with Crippen LogP contribution in [0.2, 0.25) is 0 Å². The van der Waals surface area contributed by atoms with Gasteiger partial charge in [0.15, 0.2) is 11.6 Å². The molecule has 0 bridgehead atoms. The molecule has 1 heterocycles. The zero-order chi connectivity index (χ0) is 19.8. The van der Waals surface area contributed by atoms with Crippen molar-refractivity contribution in [2.24, 2.45) is 0 Å². The summed E-state index contributed by atoms with van der Waals surface area (Å²) >= 11 is 0. The minimum Gasteiger partial charge on any atom is -0.336 e. The lowest BCUT2D eigenvalue weighted by molar-refractivity contribution is 0.0697. The lowest BCUT2D eigenvalue weighted by Crippen LogP contribution is -2.50. The van der Waals surface area contributed by atoms with Gasteiger partial charge in [0.25, 0.3) is 5.91 Å². The number of hydrogen-bond acceptors (Lipinski definition) is 3. The Balaban J connectivity index is 1.73. The normalized spacial score (nSPS) is 15.8. The van der Waals surface area contributed by atoms with Crippen LogP contribution < -0.4 is 0 Å². The number of rotatable bonds is 3. The molecular formula is C19H20F2N2O3S. The van der Waals surface area contributed by atoms with Crippen LogP contribution in [0.1, 0.15) is 21.5 Å². The second kappa shape index (κ2) is 7.36. The molecule has 3 rings (SSSR count). The van der Waals surface area contributed by atoms with Crippen molar-refractivity contribution in [2.75, 3.05) is 26.2 Å². The quantitative estimate of drug-likeness (QED) is 0.804. The Hall–Kier alpha value is -2.32. The van der Waals surface area contributed by atoms with Crippen molar-refractivity contribution in [1.82, 2.24) is 9.21 Å². The first-order valence-corrected chi connectivity index (χ1v) is 9.96. The lowest BCUT2D eigenvalue weighted by atomic mass is 10.0. The fourth-order valence-corrected chi connectivity index (χ4v) is 4.49. The van der Waals surface area contributed by atoms with Crippen molar-refractivity contribution in [3.05, 3.63) is 64.7 Å². The van der Waals surface area contributed by atoms with E-state index >= 15 is 0 Å². The number of carbonyl (C=O) groups is 1. The molecule has 2 aromatic rings. The van der Waals surface area contributed by atoms with E-state index in [9.17, 15) is 22.0 Å². The van der Waals surface area contributed by atoms with Gasteiger partial charge in [-0.3, -0.25) is 4.79 Å². The topological polar surface area (TPSA) is 57.7 Å². The fraction of sp³-hybridized carbons (Fsp3) is 0.316. The molecule has 0 saturated carbocycles. The molecule has 1 aliphatic heterocycles. The second-order valence-electron chi connectivity index (χ2n) is 6.59. The summed E-state index contributed by atoms with van der Waals surface area (Å²) in [5.41, 5.74) is 2.44. The van der Waals surface area contributed by atoms with E-state index in [-0.39, 0.29) is 37.0 Å². The molecule has 0 unspecified atom stereocenters. The smallest absolute Gasteiger partial charge is 0.254 e. The zero-order valence-corrected chi connectivity index (χ0v) is 15.9. The fourth-order valence-electron chi connectivity index (χ4n) is 3.05. The zero-order valence-electron chi connectivity index (χ0n) is 15.1. The Morgan fingerprint density at radius 1 is 0.926 bits per heavy atom. The van der Waals surface area contributed by atoms with E-state index in [0.717, 1.165) is 23.3 Å². The van der Waals surface area contributed by atoms with Crippen LogP contribution >= 0.6 is 0 Å². The van der Waals surface area contributed by atoms with Crippen molar-refractivity contribution >= 4 is 15.9 Å². The standard InChI is InChI=1S/C19H20F2N2O3S/c1-13-3-4-14(2)16(11-13)19(24)22-7-9-23(10-8-22)27(25,26)15-5-6-17(20)18(21)12-15/h3-6,11-12H,7-10H2,1-2H3. The predicted molar refractivity (Wildman–Crippen MR) is 96.9 cm³/mol. The molecule has 0 atom stereocenters. The van der Waals surface area contributed by atoms with E-state index in [2.05, 4.69) is 0 Å². The molecule has 5 nitrogen and oxygen atoms in total. The number of aryl methyl sites for hydroxylation is 2. The number of halogens is 2. The van der Waals surface area contributed by atoms with Crippen LogP contribution in [0, 0.1) is 25.5 Å². The molecule has 0 aliphatic carbocycles. The van der Waals surface area contributed by atoms with Gasteiger partial charge in [-0.25, -0.2) is 17.2 Å². The number of nitrogens with zero attached hydrogens (tertiary/aromatic N) is 2. The van der Waals surface area contributed by atoms with Gasteiger partial charge in [0.2, 0.25) is 10.0 Å². The van der Waals surface area contributed by atoms with E-state index in [1.165, 1.54) is 4.31 Å². The summed E-state index contributed by atoms with van der Waals surface area (Å²) in [6.45, 7) is 4.42. The summed E-state index contributed by atoms with van der Waals surface area (Å²) in [4.78, 5) is 14.1. The Morgan fingerprint density at radius 3 is 2.22 bits per heavy atom. The van der Waals surface area contributed by atoms with Gasteiger partial charge in [-0.15, -0.1) is 0 Å². The molecule has 2 aromatic carbocycles. The van der Waals surface area contributed by atoms with Crippen LogP contribution in [0.3, 0.4) is 0 Å². The first-order chi connectivity index (χ1) is 12.7. The molecule has 1 amide bonds. The molecule has 0 N–H and O–H groups in total. The lowest BCUT2D eigenvalue weighted by Gasteiger charge is -2.34. The SMILES string of the molecule is Cc1ccc(C)c(C(=O)N2CCN(S(=O)(=O)c3ccc(F)c(F)c3)CC2)c1. The van der Waals surface area contributed by atoms with Gasteiger partial charge < -0.3 is 4.90 Å². The van der Waals surface area contributed by atoms with E-state index < -0.39 is 21.7 Å². The van der Waals surface area contributed by atoms with Gasteiger partial charge in [0.1, 0.15) is 0 Å². The molecule has 8 heteroatoms. The van der Waals surface area contributed by atoms with Gasteiger partial charge in [-0.2, -0.15) is 4.31 Å². The highest BCUT2D eigenvalue weighted by atomic mass is 32.2. The Bertz CT molecular complexity index is 984. The van der Waals surface area contributed by atoms with Crippen LogP contribution in [0.5, 0.6) is 0 Å². The van der Waals surface area contributed by atoms with Crippen molar-refractivity contribution < 1.29 is 22.0 Å². The summed E-state index contributed by atoms with van der Waals surface area (Å²) in [6, 6.07) is 8.15. The second-order valence-corrected chi connectivity index (χ2v) is 8.53. The third-order valence-corrected chi connectivity index (χ3v) is 6.57. The van der Waals surface area contributed by atoms with E-state index in [0.29, 0.717) is 11.6 Å². The first-order valence-electron chi connectivity index (χ1n) is 8.52. The van der Waals surface area contributed by atoms with E-state index in [1.807, 2.05) is 32.0 Å². The molecule has 0 aromatic heterocycles. The summed E-state index contributed by atoms with van der Waals surface area (Å²) in [7, 11) is -3.94. The molecular weight excluding hydrogens is 374 g/mol. The minimum absolute atomic E-state index is 0.0952. The number of piperazine rings is 1. The van der Waals surface area contributed by atoms with Crippen molar-refractivity contribution in [2.45, 2.75) is 18.7 Å². The molecule has 1 aliphatic rings. The number of benzene rings is 2. The van der Waals surface area contributed by atoms with Crippen LogP contribution in [-0.4, -0.2) is 49.7 Å². The van der Waals surface area contributed by atoms with E-state index in [4.69, 9.17) is 0 Å². The average molecular weight is 394 g/mol. The number of amides is 1. The Kier molecular flexibility index (Phi) is 5.30. The van der Waals surface area contributed by atoms with Crippen LogP contribution in [-0.2, 0) is 10.0 Å². The Labute approximate surface area is 157 Å². The van der Waals surface area contributed by atoms with Crippen LogP contribution in [0.15, 0.2) is 41.3 Å². The molecule has 0 radical (unpaired) electrons. The van der Waals surface area contributed by atoms with Crippen molar-refractivity contribution in [3.8, 4) is 0 Å². The summed E-state index contributed by atoms with van der Waals surface area (Å²) in [6.07, 6.45) is 0. The maximum Gasteiger partial charge on any atom is 0.254 e. The predicted octanol–water partition coefficient (Wildman–Crippen LogP) is 2.73. The third-order valence-electron chi connectivity index (χ3n) is 4.68. The Morgan fingerprint density at radius 2 is 1.59 bits per heavy atom. The molecule has 1 saturated heterocycles. The molecule has 27 heavy (non-hydrogen) atoms. The largest absolute Gasteiger partial charge is 0.336 e. The van der Waals surface area contributed by atoms with Gasteiger partial charge >= 0.3 is 0 Å². The summed E-state index contributed by atoms with van der Waals surface area (Å²) < 4.78 is 52.9. The van der Waals surface area contributed by atoms with Crippen LogP contribution in [0.25, 0.3) is 0 Å².